The fourth-order valence-electron chi connectivity index (χ4n) is 1.48. The van der Waals surface area contributed by atoms with Gasteiger partial charge in [0, 0.05) is 14.1 Å². The van der Waals surface area contributed by atoms with Gasteiger partial charge in [-0.3, -0.25) is 0 Å². The molecule has 0 aliphatic carbocycles. The third-order valence-corrected chi connectivity index (χ3v) is 3.32. The average Bonchev–Trinajstić information content (AvgIpc) is 2.64. The molecule has 2 N–H and O–H groups in total. The minimum atomic E-state index is -2.30. The molecular weight excluding hydrogens is 463 g/mol. The van der Waals surface area contributed by atoms with Crippen molar-refractivity contribution in [3.63, 3.8) is 0 Å². The second-order valence-corrected chi connectivity index (χ2v) is 5.16. The van der Waals surface area contributed by atoms with Crippen LogP contribution in [-0.2, 0) is 42.3 Å². The molecule has 0 unspecified atom stereocenters. The Balaban J connectivity index is 0.00000676. The molecule has 1 aromatic rings. The van der Waals surface area contributed by atoms with Crippen molar-refractivity contribution >= 4 is 47.0 Å². The molecule has 0 spiro atoms. The van der Waals surface area contributed by atoms with E-state index >= 15 is 0 Å². The van der Waals surface area contributed by atoms with Gasteiger partial charge in [0.05, 0.1) is 11.3 Å². The van der Waals surface area contributed by atoms with E-state index in [4.69, 9.17) is 25.3 Å². The van der Waals surface area contributed by atoms with Gasteiger partial charge in [-0.2, -0.15) is 15.3 Å². The second-order valence-electron chi connectivity index (χ2n) is 4.39. The van der Waals surface area contributed by atoms with Gasteiger partial charge in [-0.25, -0.2) is 22.0 Å². The molecule has 151 valence electrons. The van der Waals surface area contributed by atoms with Crippen molar-refractivity contribution < 1.29 is 39.0 Å². The SMILES string of the molecule is CNC([S-])=NN=C(C)C(=NN=C([S-])NC)c1c(F)c(F)c(F)c(F)c1F.[Cu+2]. The first kappa shape index (κ1) is 25.1. The maximum absolute atomic E-state index is 14.1. The largest absolute Gasteiger partial charge is 2.00 e. The predicted octanol–water partition coefficient (Wildman–Crippen LogP) is 1.70. The van der Waals surface area contributed by atoms with Gasteiger partial charge in [-0.1, -0.05) is 0 Å². The molecule has 1 aromatic carbocycles. The van der Waals surface area contributed by atoms with E-state index in [0.29, 0.717) is 0 Å². The van der Waals surface area contributed by atoms with E-state index in [9.17, 15) is 22.0 Å². The van der Waals surface area contributed by atoms with Crippen molar-refractivity contribution in [1.82, 2.24) is 10.6 Å². The molecule has 1 rings (SSSR count). The zero-order valence-corrected chi connectivity index (χ0v) is 16.4. The van der Waals surface area contributed by atoms with E-state index in [1.165, 1.54) is 14.1 Å². The van der Waals surface area contributed by atoms with E-state index in [-0.39, 0.29) is 33.1 Å². The number of hydrogen-bond donors (Lipinski definition) is 2. The smallest absolute Gasteiger partial charge is 0.741 e. The van der Waals surface area contributed by atoms with Crippen molar-refractivity contribution in [1.29, 1.82) is 0 Å². The van der Waals surface area contributed by atoms with Gasteiger partial charge >= 0.3 is 17.1 Å². The summed E-state index contributed by atoms with van der Waals surface area (Å²) in [5.41, 5.74) is -2.41. The van der Waals surface area contributed by atoms with Crippen molar-refractivity contribution in [2.45, 2.75) is 6.92 Å². The Hall–Kier alpha value is -1.89. The molecule has 0 aliphatic heterocycles. The summed E-state index contributed by atoms with van der Waals surface area (Å²) in [6, 6.07) is 0. The van der Waals surface area contributed by atoms with Crippen LogP contribution in [0.3, 0.4) is 0 Å². The van der Waals surface area contributed by atoms with Gasteiger partial charge in [0.2, 0.25) is 5.82 Å². The van der Waals surface area contributed by atoms with Crippen LogP contribution in [0.15, 0.2) is 20.4 Å². The normalized spacial score (nSPS) is 13.3. The Kier molecular flexibility index (Phi) is 10.3. The minimum Gasteiger partial charge on any atom is -0.741 e. The van der Waals surface area contributed by atoms with Crippen molar-refractivity contribution in [2.75, 3.05) is 14.1 Å². The first-order valence-electron chi connectivity index (χ1n) is 6.65. The summed E-state index contributed by atoms with van der Waals surface area (Å²) in [5, 5.41) is 18.5. The van der Waals surface area contributed by atoms with Crippen LogP contribution in [0.1, 0.15) is 12.5 Å². The number of hydrogen-bond acceptors (Lipinski definition) is 6. The maximum atomic E-state index is 14.1. The van der Waals surface area contributed by atoms with E-state index < -0.39 is 40.4 Å². The number of amidine groups is 2. The summed E-state index contributed by atoms with van der Waals surface area (Å²) in [5.74, 6) is -10.8. The Morgan fingerprint density at radius 2 is 1.07 bits per heavy atom. The third-order valence-electron chi connectivity index (χ3n) is 2.75. The van der Waals surface area contributed by atoms with Crippen molar-refractivity contribution in [2.24, 2.45) is 20.4 Å². The van der Waals surface area contributed by atoms with E-state index in [1.54, 1.807) is 0 Å². The fourth-order valence-corrected chi connectivity index (χ4v) is 1.56. The van der Waals surface area contributed by atoms with Gasteiger partial charge in [-0.15, -0.1) is 5.10 Å². The molecule has 27 heavy (non-hydrogen) atoms. The Morgan fingerprint density at radius 3 is 1.48 bits per heavy atom. The number of rotatable bonds is 4. The second kappa shape index (κ2) is 11.1. The Bertz CT molecular complexity index is 799. The van der Waals surface area contributed by atoms with E-state index in [0.717, 1.165) is 6.92 Å². The summed E-state index contributed by atoms with van der Waals surface area (Å²) in [6.07, 6.45) is 0. The van der Waals surface area contributed by atoms with Crippen LogP contribution >= 0.6 is 0 Å². The van der Waals surface area contributed by atoms with E-state index in [1.807, 2.05) is 0 Å². The van der Waals surface area contributed by atoms with Crippen LogP contribution < -0.4 is 10.6 Å². The molecule has 0 fully saturated rings. The first-order valence-corrected chi connectivity index (χ1v) is 7.46. The van der Waals surface area contributed by atoms with Gasteiger partial charge in [-0.05, 0) is 17.3 Å². The zero-order chi connectivity index (χ0) is 20.0. The fraction of sp³-hybridized carbons (Fsp3) is 0.231. The molecule has 0 saturated carbocycles. The molecule has 0 aliphatic rings. The van der Waals surface area contributed by atoms with Crippen LogP contribution in [0.2, 0.25) is 0 Å². The summed E-state index contributed by atoms with van der Waals surface area (Å²) in [4.78, 5) is 0. The number of nitrogens with one attached hydrogen (secondary N) is 2. The predicted molar refractivity (Wildman–Crippen MR) is 93.6 cm³/mol. The molecule has 1 radical (unpaired) electrons. The van der Waals surface area contributed by atoms with Crippen LogP contribution in [-0.4, -0.2) is 35.9 Å². The Labute approximate surface area is 172 Å². The number of benzene rings is 1. The molecule has 0 amide bonds. The zero-order valence-electron chi connectivity index (χ0n) is 13.8. The molecule has 0 heterocycles. The molecule has 6 nitrogen and oxygen atoms in total. The topological polar surface area (TPSA) is 73.5 Å². The molecule has 0 atom stereocenters. The van der Waals surface area contributed by atoms with Gasteiger partial charge in [0.1, 0.15) is 5.71 Å². The van der Waals surface area contributed by atoms with Crippen molar-refractivity contribution in [3.05, 3.63) is 34.6 Å². The summed E-state index contributed by atoms with van der Waals surface area (Å²) >= 11 is 9.41. The summed E-state index contributed by atoms with van der Waals surface area (Å²) in [6.45, 7) is 1.16. The summed E-state index contributed by atoms with van der Waals surface area (Å²) < 4.78 is 68.3. The van der Waals surface area contributed by atoms with Gasteiger partial charge < -0.3 is 35.9 Å². The molecule has 0 bridgehead atoms. The number of halogens is 5. The van der Waals surface area contributed by atoms with Crippen LogP contribution in [0.5, 0.6) is 0 Å². The van der Waals surface area contributed by atoms with Crippen molar-refractivity contribution in [3.8, 4) is 0 Å². The summed E-state index contributed by atoms with van der Waals surface area (Å²) in [7, 11) is 2.83. The van der Waals surface area contributed by atoms with Crippen LogP contribution in [0, 0.1) is 29.1 Å². The quantitative estimate of drug-likeness (QED) is 0.102. The van der Waals surface area contributed by atoms with Gasteiger partial charge in [0.15, 0.2) is 23.3 Å². The van der Waals surface area contributed by atoms with Crippen LogP contribution in [0.25, 0.3) is 0 Å². The third kappa shape index (κ3) is 6.06. The molecule has 14 heteroatoms. The minimum absolute atomic E-state index is 0. The Morgan fingerprint density at radius 1 is 0.704 bits per heavy atom. The monoisotopic (exact) mass is 473 g/mol. The van der Waals surface area contributed by atoms with Crippen LogP contribution in [0.4, 0.5) is 22.0 Å². The molecule has 0 aromatic heterocycles. The van der Waals surface area contributed by atoms with E-state index in [2.05, 4.69) is 31.0 Å². The standard InChI is InChI=1S/C13H13F5N6S2.Cu/c1-4(21-23-12(25)19-2)11(22-24-13(26)20-3)5-6(14)8(16)10(18)9(17)7(5)15;/h1-3H3,(H2,19,23,25)(H2,20,24,26);/q;+2/p-2. The first-order chi connectivity index (χ1) is 12.1. The van der Waals surface area contributed by atoms with Gasteiger partial charge in [0.25, 0.3) is 0 Å². The molecular formula is C13H11CuF5N6S2. The maximum Gasteiger partial charge on any atom is 2.00 e. The average molecular weight is 474 g/mol. The molecule has 0 saturated heterocycles. The number of nitrogens with zero attached hydrogens (tertiary/aromatic N) is 4.